The summed E-state index contributed by atoms with van der Waals surface area (Å²) in [4.78, 5) is 27.7. The van der Waals surface area contributed by atoms with Gasteiger partial charge in [-0.3, -0.25) is 14.4 Å². The van der Waals surface area contributed by atoms with Crippen molar-refractivity contribution in [3.63, 3.8) is 0 Å². The Bertz CT molecular complexity index is 520. The fraction of sp³-hybridized carbons (Fsp3) is 0.800. The van der Waals surface area contributed by atoms with Gasteiger partial charge in [0.2, 0.25) is 6.10 Å². The van der Waals surface area contributed by atoms with Gasteiger partial charge in [-0.2, -0.15) is 0 Å². The zero-order valence-electron chi connectivity index (χ0n) is 12.0. The molecule has 1 heterocycles. The summed E-state index contributed by atoms with van der Waals surface area (Å²) < 4.78 is 11.0. The molecule has 5 unspecified atom stereocenters. The molecule has 2 aliphatic carbocycles. The quantitative estimate of drug-likeness (QED) is 0.586. The van der Waals surface area contributed by atoms with E-state index in [4.69, 9.17) is 16.0 Å². The minimum atomic E-state index is -1.25. The average Bonchev–Trinajstić information content (AvgIpc) is 3.01. The van der Waals surface area contributed by atoms with Crippen LogP contribution < -0.4 is 0 Å². The molecule has 1 aliphatic heterocycles. The van der Waals surface area contributed by atoms with E-state index in [1.807, 2.05) is 20.8 Å². The summed E-state index contributed by atoms with van der Waals surface area (Å²) in [6.45, 7) is 13.0. The molecule has 5 heteroatoms. The second-order valence-electron chi connectivity index (χ2n) is 6.79. The first-order chi connectivity index (χ1) is 9.35. The molecule has 0 N–H and O–H groups in total. The summed E-state index contributed by atoms with van der Waals surface area (Å²) in [6, 6.07) is 0. The first-order valence-electron chi connectivity index (χ1n) is 7.18. The summed E-state index contributed by atoms with van der Waals surface area (Å²) in [5, 5.41) is 0. The standard InChI is InChI=1S/C15H19NO4/c1-5-14(2,3)13(18)19-11-8-6-9-10(7-8)15(11,16-4)20-12(9)17/h8-11H,5-7H2,1-3H3. The third-order valence-electron chi connectivity index (χ3n) is 5.38. The Kier molecular flexibility index (Phi) is 2.66. The molecule has 108 valence electrons. The second kappa shape index (κ2) is 3.97. The van der Waals surface area contributed by atoms with Gasteiger partial charge in [-0.25, -0.2) is 6.57 Å². The molecular weight excluding hydrogens is 258 g/mol. The number of rotatable bonds is 3. The van der Waals surface area contributed by atoms with Gasteiger partial charge in [-0.15, -0.1) is 0 Å². The van der Waals surface area contributed by atoms with Gasteiger partial charge in [0, 0.05) is 5.92 Å². The highest BCUT2D eigenvalue weighted by Crippen LogP contribution is 2.62. The molecule has 0 radical (unpaired) electrons. The predicted molar refractivity (Wildman–Crippen MR) is 69.1 cm³/mol. The zero-order valence-corrected chi connectivity index (χ0v) is 12.0. The van der Waals surface area contributed by atoms with E-state index in [0.717, 1.165) is 6.42 Å². The topological polar surface area (TPSA) is 57.0 Å². The lowest BCUT2D eigenvalue weighted by molar-refractivity contribution is -0.178. The Morgan fingerprint density at radius 3 is 2.85 bits per heavy atom. The van der Waals surface area contributed by atoms with Crippen LogP contribution in [0, 0.1) is 29.7 Å². The van der Waals surface area contributed by atoms with E-state index in [0.29, 0.717) is 12.8 Å². The summed E-state index contributed by atoms with van der Waals surface area (Å²) in [5.74, 6) is -0.771. The Morgan fingerprint density at radius 1 is 1.55 bits per heavy atom. The van der Waals surface area contributed by atoms with Gasteiger partial charge in [0.15, 0.2) is 0 Å². The summed E-state index contributed by atoms with van der Waals surface area (Å²) in [6.07, 6.45) is 1.51. The molecule has 3 rings (SSSR count). The number of hydrogen-bond acceptors (Lipinski definition) is 4. The van der Waals surface area contributed by atoms with Crippen molar-refractivity contribution < 1.29 is 19.1 Å². The van der Waals surface area contributed by atoms with Crippen molar-refractivity contribution in [2.24, 2.45) is 23.2 Å². The third kappa shape index (κ3) is 1.48. The average molecular weight is 277 g/mol. The Morgan fingerprint density at radius 2 is 2.25 bits per heavy atom. The fourth-order valence-corrected chi connectivity index (χ4v) is 3.73. The maximum Gasteiger partial charge on any atom is 0.418 e. The van der Waals surface area contributed by atoms with Crippen molar-refractivity contribution in [1.82, 2.24) is 0 Å². The van der Waals surface area contributed by atoms with Gasteiger partial charge in [0.1, 0.15) is 0 Å². The van der Waals surface area contributed by atoms with Crippen molar-refractivity contribution in [2.45, 2.75) is 51.9 Å². The van der Waals surface area contributed by atoms with Crippen LogP contribution in [0.4, 0.5) is 0 Å². The van der Waals surface area contributed by atoms with Crippen molar-refractivity contribution in [3.05, 3.63) is 11.4 Å². The highest BCUT2D eigenvalue weighted by atomic mass is 16.6. The normalized spacial score (nSPS) is 41.4. The van der Waals surface area contributed by atoms with Crippen LogP contribution in [0.3, 0.4) is 0 Å². The van der Waals surface area contributed by atoms with E-state index in [1.54, 1.807) is 0 Å². The van der Waals surface area contributed by atoms with Gasteiger partial charge >= 0.3 is 17.7 Å². The third-order valence-corrected chi connectivity index (χ3v) is 5.38. The Hall–Kier alpha value is -1.57. The van der Waals surface area contributed by atoms with Gasteiger partial charge in [-0.1, -0.05) is 6.92 Å². The van der Waals surface area contributed by atoms with Crippen LogP contribution in [-0.4, -0.2) is 23.8 Å². The molecule has 3 aliphatic rings. The number of carbonyl (C=O) groups excluding carboxylic acids is 2. The van der Waals surface area contributed by atoms with Crippen LogP contribution in [-0.2, 0) is 19.1 Å². The van der Waals surface area contributed by atoms with Gasteiger partial charge < -0.3 is 9.47 Å². The SMILES string of the molecule is [C-]#[N+]C12OC(=O)C3CC(CC31)C2OC(=O)C(C)(C)CC. The number of carbonyl (C=O) groups is 2. The lowest BCUT2D eigenvalue weighted by Gasteiger charge is -2.30. The molecule has 2 bridgehead atoms. The summed E-state index contributed by atoms with van der Waals surface area (Å²) in [7, 11) is 0. The van der Waals surface area contributed by atoms with Crippen LogP contribution in [0.15, 0.2) is 0 Å². The molecule has 0 aromatic heterocycles. The number of nitrogens with zero attached hydrogens (tertiary/aromatic N) is 1. The minimum Gasteiger partial charge on any atom is -0.449 e. The molecule has 0 aromatic carbocycles. The highest BCUT2D eigenvalue weighted by molar-refractivity contribution is 5.79. The number of ether oxygens (including phenoxy) is 2. The highest BCUT2D eigenvalue weighted by Gasteiger charge is 2.78. The van der Waals surface area contributed by atoms with E-state index in [-0.39, 0.29) is 29.7 Å². The number of fused-ring (bicyclic) bond motifs is 1. The maximum absolute atomic E-state index is 12.3. The molecule has 3 fully saturated rings. The Balaban J connectivity index is 1.87. The van der Waals surface area contributed by atoms with Gasteiger partial charge in [0.25, 0.3) is 0 Å². The molecule has 20 heavy (non-hydrogen) atoms. The summed E-state index contributed by atoms with van der Waals surface area (Å²) in [5.41, 5.74) is -1.82. The van der Waals surface area contributed by atoms with E-state index >= 15 is 0 Å². The van der Waals surface area contributed by atoms with Crippen LogP contribution >= 0.6 is 0 Å². The number of hydrogen-bond donors (Lipinski definition) is 0. The summed E-state index contributed by atoms with van der Waals surface area (Å²) >= 11 is 0. The second-order valence-corrected chi connectivity index (χ2v) is 6.79. The molecule has 2 saturated carbocycles. The molecule has 0 amide bonds. The molecule has 1 saturated heterocycles. The van der Waals surface area contributed by atoms with Crippen molar-refractivity contribution in [3.8, 4) is 0 Å². The Labute approximate surface area is 118 Å². The van der Waals surface area contributed by atoms with Crippen LogP contribution in [0.25, 0.3) is 4.85 Å². The van der Waals surface area contributed by atoms with Crippen LogP contribution in [0.5, 0.6) is 0 Å². The smallest absolute Gasteiger partial charge is 0.418 e. The molecule has 0 spiro atoms. The van der Waals surface area contributed by atoms with E-state index in [2.05, 4.69) is 4.85 Å². The van der Waals surface area contributed by atoms with E-state index < -0.39 is 17.2 Å². The first kappa shape index (κ1) is 13.4. The van der Waals surface area contributed by atoms with Crippen molar-refractivity contribution in [2.75, 3.05) is 0 Å². The predicted octanol–water partition coefficient (Wildman–Crippen LogP) is 2.16. The fourth-order valence-electron chi connectivity index (χ4n) is 3.73. The zero-order chi connectivity index (χ0) is 14.7. The maximum atomic E-state index is 12.3. The molecular formula is C15H19NO4. The molecule has 0 aromatic rings. The van der Waals surface area contributed by atoms with Crippen molar-refractivity contribution >= 4 is 11.9 Å². The minimum absolute atomic E-state index is 0.0853. The van der Waals surface area contributed by atoms with E-state index in [9.17, 15) is 9.59 Å². The molecule has 5 nitrogen and oxygen atoms in total. The monoisotopic (exact) mass is 277 g/mol. The van der Waals surface area contributed by atoms with Gasteiger partial charge in [0.05, 0.1) is 17.3 Å². The molecule has 5 atom stereocenters. The largest absolute Gasteiger partial charge is 0.449 e. The first-order valence-corrected chi connectivity index (χ1v) is 7.18. The van der Waals surface area contributed by atoms with Crippen LogP contribution in [0.2, 0.25) is 0 Å². The lowest BCUT2D eigenvalue weighted by Crippen LogP contribution is -2.47. The van der Waals surface area contributed by atoms with Crippen LogP contribution in [0.1, 0.15) is 40.0 Å². The van der Waals surface area contributed by atoms with Gasteiger partial charge in [-0.05, 0) is 33.1 Å². The van der Waals surface area contributed by atoms with E-state index in [1.165, 1.54) is 0 Å². The van der Waals surface area contributed by atoms with Crippen molar-refractivity contribution in [1.29, 1.82) is 0 Å². The lowest BCUT2D eigenvalue weighted by atomic mass is 9.83. The number of esters is 2.